The van der Waals surface area contributed by atoms with Gasteiger partial charge < -0.3 is 10.6 Å². The lowest BCUT2D eigenvalue weighted by molar-refractivity contribution is -0.133. The van der Waals surface area contributed by atoms with Crippen molar-refractivity contribution in [1.29, 1.82) is 0 Å². The SMILES string of the molecule is CCN(C(=O)NC)C(=O)NCC(=O)C(=O)/C=C/c1ccccc1. The zero-order chi connectivity index (χ0) is 17.2. The van der Waals surface area contributed by atoms with Gasteiger partial charge in [-0.25, -0.2) is 14.5 Å². The molecule has 7 nitrogen and oxygen atoms in total. The van der Waals surface area contributed by atoms with E-state index in [1.165, 1.54) is 13.1 Å². The highest BCUT2D eigenvalue weighted by atomic mass is 16.2. The number of carbonyl (C=O) groups is 4. The summed E-state index contributed by atoms with van der Waals surface area (Å²) in [6.07, 6.45) is 2.67. The molecule has 0 radical (unpaired) electrons. The molecule has 7 heteroatoms. The lowest BCUT2D eigenvalue weighted by atomic mass is 10.1. The molecule has 0 unspecified atom stereocenters. The summed E-state index contributed by atoms with van der Waals surface area (Å²) < 4.78 is 0. The molecule has 0 bridgehead atoms. The summed E-state index contributed by atoms with van der Waals surface area (Å²) in [5.41, 5.74) is 0.787. The van der Waals surface area contributed by atoms with Crippen LogP contribution in [0.15, 0.2) is 36.4 Å². The zero-order valence-electron chi connectivity index (χ0n) is 13.0. The Morgan fingerprint density at radius 2 is 1.74 bits per heavy atom. The number of urea groups is 2. The van der Waals surface area contributed by atoms with Crippen molar-refractivity contribution < 1.29 is 19.2 Å². The number of nitrogens with one attached hydrogen (secondary N) is 2. The minimum atomic E-state index is -0.765. The van der Waals surface area contributed by atoms with Crippen LogP contribution >= 0.6 is 0 Å². The first kappa shape index (κ1) is 18.1. The van der Waals surface area contributed by atoms with Crippen molar-refractivity contribution in [2.24, 2.45) is 0 Å². The maximum absolute atomic E-state index is 11.8. The van der Waals surface area contributed by atoms with Crippen molar-refractivity contribution >= 4 is 29.7 Å². The van der Waals surface area contributed by atoms with Crippen molar-refractivity contribution in [2.75, 3.05) is 20.1 Å². The number of amides is 4. The Labute approximate surface area is 134 Å². The highest BCUT2D eigenvalue weighted by Crippen LogP contribution is 2.01. The highest BCUT2D eigenvalue weighted by Gasteiger charge is 2.19. The lowest BCUT2D eigenvalue weighted by Crippen LogP contribution is -2.48. The average Bonchev–Trinajstić information content (AvgIpc) is 2.58. The molecule has 122 valence electrons. The van der Waals surface area contributed by atoms with Gasteiger partial charge in [0.25, 0.3) is 0 Å². The largest absolute Gasteiger partial charge is 0.341 e. The van der Waals surface area contributed by atoms with E-state index in [-0.39, 0.29) is 6.54 Å². The topological polar surface area (TPSA) is 95.6 Å². The van der Waals surface area contributed by atoms with Crippen LogP contribution in [0.25, 0.3) is 6.08 Å². The Bertz CT molecular complexity index is 611. The Kier molecular flexibility index (Phi) is 7.19. The maximum atomic E-state index is 11.8. The molecule has 0 fully saturated rings. The number of nitrogens with zero attached hydrogens (tertiary/aromatic N) is 1. The monoisotopic (exact) mass is 317 g/mol. The summed E-state index contributed by atoms with van der Waals surface area (Å²) in [5, 5.41) is 4.56. The van der Waals surface area contributed by atoms with Crippen molar-refractivity contribution in [1.82, 2.24) is 15.5 Å². The molecule has 0 atom stereocenters. The minimum absolute atomic E-state index is 0.140. The molecule has 23 heavy (non-hydrogen) atoms. The number of imide groups is 1. The van der Waals surface area contributed by atoms with Crippen LogP contribution in [0.4, 0.5) is 9.59 Å². The molecule has 0 aliphatic rings. The molecule has 0 aliphatic heterocycles. The van der Waals surface area contributed by atoms with Crippen molar-refractivity contribution in [2.45, 2.75) is 6.92 Å². The van der Waals surface area contributed by atoms with Crippen LogP contribution in [0.2, 0.25) is 0 Å². The maximum Gasteiger partial charge on any atom is 0.325 e. The van der Waals surface area contributed by atoms with E-state index >= 15 is 0 Å². The van der Waals surface area contributed by atoms with Gasteiger partial charge >= 0.3 is 12.1 Å². The third-order valence-corrected chi connectivity index (χ3v) is 2.92. The van der Waals surface area contributed by atoms with Crippen LogP contribution in [-0.4, -0.2) is 48.7 Å². The molecule has 0 aliphatic carbocycles. The fourth-order valence-corrected chi connectivity index (χ4v) is 1.68. The standard InChI is InChI=1S/C16H19N3O4/c1-3-19(15(22)17-2)16(23)18-11-14(21)13(20)10-9-12-7-5-4-6-8-12/h4-10H,3,11H2,1-2H3,(H,17,22)(H,18,23)/b10-9+. The second kappa shape index (κ2) is 9.14. The summed E-state index contributed by atoms with van der Waals surface area (Å²) in [5.74, 6) is -1.49. The summed E-state index contributed by atoms with van der Waals surface area (Å²) in [6.45, 7) is 1.29. The summed E-state index contributed by atoms with van der Waals surface area (Å²) >= 11 is 0. The first-order chi connectivity index (χ1) is 11.0. The highest BCUT2D eigenvalue weighted by molar-refractivity contribution is 6.43. The van der Waals surface area contributed by atoms with Crippen LogP contribution in [-0.2, 0) is 9.59 Å². The third kappa shape index (κ3) is 5.74. The number of hydrogen-bond acceptors (Lipinski definition) is 4. The first-order valence-electron chi connectivity index (χ1n) is 7.07. The molecule has 1 aromatic carbocycles. The molecule has 1 rings (SSSR count). The second-order valence-electron chi connectivity index (χ2n) is 4.49. The number of carbonyl (C=O) groups excluding carboxylic acids is 4. The Hall–Kier alpha value is -2.96. The number of allylic oxidation sites excluding steroid dienone is 1. The third-order valence-electron chi connectivity index (χ3n) is 2.92. The predicted molar refractivity (Wildman–Crippen MR) is 85.7 cm³/mol. The molecular weight excluding hydrogens is 298 g/mol. The molecule has 4 amide bonds. The van der Waals surface area contributed by atoms with E-state index < -0.39 is 30.2 Å². The molecule has 0 saturated carbocycles. The van der Waals surface area contributed by atoms with E-state index in [2.05, 4.69) is 10.6 Å². The summed E-state index contributed by atoms with van der Waals surface area (Å²) in [6, 6.07) is 7.71. The van der Waals surface area contributed by atoms with Crippen molar-refractivity contribution in [3.05, 3.63) is 42.0 Å². The van der Waals surface area contributed by atoms with Gasteiger partial charge in [0.15, 0.2) is 0 Å². The van der Waals surface area contributed by atoms with E-state index in [1.54, 1.807) is 19.1 Å². The molecule has 0 heterocycles. The van der Waals surface area contributed by atoms with Gasteiger partial charge in [-0.3, -0.25) is 9.59 Å². The smallest absolute Gasteiger partial charge is 0.325 e. The Morgan fingerprint density at radius 3 is 2.30 bits per heavy atom. The number of benzene rings is 1. The van der Waals surface area contributed by atoms with Gasteiger partial charge in [-0.2, -0.15) is 0 Å². The summed E-state index contributed by atoms with van der Waals surface area (Å²) in [7, 11) is 1.39. The van der Waals surface area contributed by atoms with Crippen LogP contribution in [0.3, 0.4) is 0 Å². The molecular formula is C16H19N3O4. The minimum Gasteiger partial charge on any atom is -0.341 e. The molecule has 2 N–H and O–H groups in total. The molecule has 1 aromatic rings. The molecule has 0 aromatic heterocycles. The van der Waals surface area contributed by atoms with E-state index in [0.29, 0.717) is 0 Å². The quantitative estimate of drug-likeness (QED) is 0.609. The van der Waals surface area contributed by atoms with Crippen LogP contribution in [0.5, 0.6) is 0 Å². The normalized spacial score (nSPS) is 10.2. The van der Waals surface area contributed by atoms with Crippen molar-refractivity contribution in [3.63, 3.8) is 0 Å². The van der Waals surface area contributed by atoms with Gasteiger partial charge in [-0.05, 0) is 18.6 Å². The van der Waals surface area contributed by atoms with Gasteiger partial charge in [0.1, 0.15) is 0 Å². The zero-order valence-corrected chi connectivity index (χ0v) is 13.0. The van der Waals surface area contributed by atoms with Crippen molar-refractivity contribution in [3.8, 4) is 0 Å². The molecule has 0 spiro atoms. The summed E-state index contributed by atoms with van der Waals surface area (Å²) in [4.78, 5) is 47.4. The Morgan fingerprint density at radius 1 is 1.09 bits per heavy atom. The van der Waals surface area contributed by atoms with Crippen LogP contribution in [0, 0.1) is 0 Å². The first-order valence-corrected chi connectivity index (χ1v) is 7.07. The van der Waals surface area contributed by atoms with Gasteiger partial charge in [-0.15, -0.1) is 0 Å². The van der Waals surface area contributed by atoms with Gasteiger partial charge in [0.2, 0.25) is 11.6 Å². The number of hydrogen-bond donors (Lipinski definition) is 2. The van der Waals surface area contributed by atoms with Gasteiger partial charge in [-0.1, -0.05) is 36.4 Å². The molecule has 0 saturated heterocycles. The van der Waals surface area contributed by atoms with E-state index in [0.717, 1.165) is 16.5 Å². The van der Waals surface area contributed by atoms with E-state index in [1.807, 2.05) is 18.2 Å². The van der Waals surface area contributed by atoms with Gasteiger partial charge in [0, 0.05) is 13.6 Å². The number of ketones is 2. The van der Waals surface area contributed by atoms with Crippen LogP contribution in [0.1, 0.15) is 12.5 Å². The van der Waals surface area contributed by atoms with E-state index in [9.17, 15) is 19.2 Å². The predicted octanol–water partition coefficient (Wildman–Crippen LogP) is 1.21. The second-order valence-corrected chi connectivity index (χ2v) is 4.49. The fraction of sp³-hybridized carbons (Fsp3) is 0.250. The average molecular weight is 317 g/mol. The number of rotatable bonds is 6. The van der Waals surface area contributed by atoms with Gasteiger partial charge in [0.05, 0.1) is 6.54 Å². The number of Topliss-reactive ketones (excluding diaryl/α,β-unsaturated/α-hetero) is 1. The Balaban J connectivity index is 2.52. The van der Waals surface area contributed by atoms with E-state index in [4.69, 9.17) is 0 Å². The lowest BCUT2D eigenvalue weighted by Gasteiger charge is -2.18. The fourth-order valence-electron chi connectivity index (χ4n) is 1.68. The van der Waals surface area contributed by atoms with Crippen LogP contribution < -0.4 is 10.6 Å².